The lowest BCUT2D eigenvalue weighted by Gasteiger charge is -2.40. The van der Waals surface area contributed by atoms with Gasteiger partial charge in [-0.25, -0.2) is 0 Å². The third-order valence-corrected chi connectivity index (χ3v) is 9.01. The highest BCUT2D eigenvalue weighted by Crippen LogP contribution is 2.47. The Hall–Kier alpha value is -0.383. The standard InChI is InChI=1S/C15H26O2Si/c1-12-10-15(11-13(12)2)18(16-3,17-4)14-8-6-5-7-9-14/h10-11,14-15H,5-9H2,1-4H3. The van der Waals surface area contributed by atoms with Crippen molar-refractivity contribution in [2.75, 3.05) is 14.2 Å². The number of hydrogen-bond acceptors (Lipinski definition) is 2. The molecule has 2 aliphatic rings. The van der Waals surface area contributed by atoms with E-state index in [1.807, 2.05) is 14.2 Å². The smallest absolute Gasteiger partial charge is 0.351 e. The number of rotatable bonds is 4. The molecule has 0 N–H and O–H groups in total. The van der Waals surface area contributed by atoms with Gasteiger partial charge >= 0.3 is 8.56 Å². The minimum Gasteiger partial charge on any atom is -0.397 e. The molecule has 0 bridgehead atoms. The van der Waals surface area contributed by atoms with Gasteiger partial charge in [-0.3, -0.25) is 0 Å². The largest absolute Gasteiger partial charge is 0.397 e. The topological polar surface area (TPSA) is 18.5 Å². The highest BCUT2D eigenvalue weighted by Gasteiger charge is 2.50. The van der Waals surface area contributed by atoms with E-state index >= 15 is 0 Å². The predicted molar refractivity (Wildman–Crippen MR) is 77.9 cm³/mol. The van der Waals surface area contributed by atoms with Gasteiger partial charge in [0.25, 0.3) is 0 Å². The lowest BCUT2D eigenvalue weighted by Crippen LogP contribution is -2.49. The molecule has 0 radical (unpaired) electrons. The van der Waals surface area contributed by atoms with Crippen LogP contribution in [0.15, 0.2) is 23.3 Å². The molecule has 0 aromatic carbocycles. The first kappa shape index (κ1) is 14.0. The van der Waals surface area contributed by atoms with Crippen molar-refractivity contribution in [3.63, 3.8) is 0 Å². The van der Waals surface area contributed by atoms with Gasteiger partial charge in [-0.15, -0.1) is 0 Å². The van der Waals surface area contributed by atoms with Crippen molar-refractivity contribution in [3.8, 4) is 0 Å². The molecule has 0 saturated heterocycles. The molecule has 0 aliphatic heterocycles. The van der Waals surface area contributed by atoms with Crippen LogP contribution in [-0.2, 0) is 8.85 Å². The fourth-order valence-corrected chi connectivity index (χ4v) is 7.65. The predicted octanol–water partition coefficient (Wildman–Crippen LogP) is 4.33. The van der Waals surface area contributed by atoms with Crippen LogP contribution < -0.4 is 0 Å². The number of allylic oxidation sites excluding steroid dienone is 4. The first-order chi connectivity index (χ1) is 8.64. The van der Waals surface area contributed by atoms with E-state index in [4.69, 9.17) is 8.85 Å². The van der Waals surface area contributed by atoms with Crippen LogP contribution in [0.3, 0.4) is 0 Å². The zero-order chi connectivity index (χ0) is 13.2. The third-order valence-electron chi connectivity index (χ3n) is 4.76. The van der Waals surface area contributed by atoms with Crippen LogP contribution in [0, 0.1) is 0 Å². The van der Waals surface area contributed by atoms with Gasteiger partial charge in [0, 0.05) is 25.3 Å². The average molecular weight is 266 g/mol. The summed E-state index contributed by atoms with van der Waals surface area (Å²) in [6.07, 6.45) is 11.3. The van der Waals surface area contributed by atoms with E-state index in [1.165, 1.54) is 43.3 Å². The Bertz CT molecular complexity index is 332. The molecule has 0 aromatic heterocycles. The normalized spacial score (nSPS) is 23.1. The second kappa shape index (κ2) is 5.72. The Morgan fingerprint density at radius 2 is 1.44 bits per heavy atom. The maximum Gasteiger partial charge on any atom is 0.351 e. The fourth-order valence-electron chi connectivity index (χ4n) is 3.55. The molecule has 0 atom stereocenters. The Labute approximate surface area is 112 Å². The van der Waals surface area contributed by atoms with Crippen molar-refractivity contribution >= 4 is 8.56 Å². The molecule has 18 heavy (non-hydrogen) atoms. The minimum atomic E-state index is -2.15. The molecule has 102 valence electrons. The van der Waals surface area contributed by atoms with Gasteiger partial charge in [-0.05, 0) is 26.7 Å². The molecule has 2 aliphatic carbocycles. The molecule has 0 amide bonds. The summed E-state index contributed by atoms with van der Waals surface area (Å²) in [4.78, 5) is 0. The minimum absolute atomic E-state index is 0.399. The molecule has 1 saturated carbocycles. The van der Waals surface area contributed by atoms with Gasteiger partial charge in [-0.2, -0.15) is 0 Å². The van der Waals surface area contributed by atoms with E-state index in [0.29, 0.717) is 11.1 Å². The highest BCUT2D eigenvalue weighted by molar-refractivity contribution is 6.71. The maximum absolute atomic E-state index is 6.03. The van der Waals surface area contributed by atoms with Crippen LogP contribution in [0.5, 0.6) is 0 Å². The van der Waals surface area contributed by atoms with Gasteiger partial charge in [0.15, 0.2) is 0 Å². The van der Waals surface area contributed by atoms with E-state index in [1.54, 1.807) is 0 Å². The average Bonchev–Trinajstić information content (AvgIpc) is 2.74. The second-order valence-corrected chi connectivity index (χ2v) is 9.43. The van der Waals surface area contributed by atoms with Crippen molar-refractivity contribution in [1.29, 1.82) is 0 Å². The van der Waals surface area contributed by atoms with Crippen molar-refractivity contribution in [3.05, 3.63) is 23.3 Å². The monoisotopic (exact) mass is 266 g/mol. The Kier molecular flexibility index (Phi) is 4.46. The summed E-state index contributed by atoms with van der Waals surface area (Å²) >= 11 is 0. The first-order valence-electron chi connectivity index (χ1n) is 7.11. The Morgan fingerprint density at radius 1 is 0.944 bits per heavy atom. The highest BCUT2D eigenvalue weighted by atomic mass is 28.4. The van der Waals surface area contributed by atoms with Gasteiger partial charge in [0.1, 0.15) is 0 Å². The van der Waals surface area contributed by atoms with E-state index in [-0.39, 0.29) is 0 Å². The molecule has 2 rings (SSSR count). The molecule has 0 aromatic rings. The van der Waals surface area contributed by atoms with Gasteiger partial charge in [0.05, 0.1) is 0 Å². The molecular weight excluding hydrogens is 240 g/mol. The molecule has 3 heteroatoms. The Morgan fingerprint density at radius 3 is 1.89 bits per heavy atom. The van der Waals surface area contributed by atoms with E-state index in [0.717, 1.165) is 0 Å². The zero-order valence-corrected chi connectivity index (χ0v) is 13.2. The fraction of sp³-hybridized carbons (Fsp3) is 0.733. The lowest BCUT2D eigenvalue weighted by atomic mass is 10.0. The van der Waals surface area contributed by atoms with Crippen molar-refractivity contribution in [2.45, 2.75) is 57.0 Å². The molecule has 0 heterocycles. The lowest BCUT2D eigenvalue weighted by molar-refractivity contribution is 0.214. The van der Waals surface area contributed by atoms with Crippen LogP contribution in [0.25, 0.3) is 0 Å². The van der Waals surface area contributed by atoms with Gasteiger partial charge in [0.2, 0.25) is 0 Å². The van der Waals surface area contributed by atoms with Gasteiger partial charge in [-0.1, -0.05) is 42.6 Å². The SMILES string of the molecule is CO[Si](OC)(C1C=C(C)C(C)=C1)C1CCCCC1. The molecule has 0 unspecified atom stereocenters. The first-order valence-corrected chi connectivity index (χ1v) is 9.08. The number of hydrogen-bond donors (Lipinski definition) is 0. The summed E-state index contributed by atoms with van der Waals surface area (Å²) < 4.78 is 12.1. The van der Waals surface area contributed by atoms with Crippen molar-refractivity contribution < 1.29 is 8.85 Å². The third kappa shape index (κ3) is 2.36. The van der Waals surface area contributed by atoms with Crippen LogP contribution in [0.1, 0.15) is 46.0 Å². The van der Waals surface area contributed by atoms with E-state index < -0.39 is 8.56 Å². The van der Waals surface area contributed by atoms with Crippen LogP contribution in [0.2, 0.25) is 11.1 Å². The summed E-state index contributed by atoms with van der Waals surface area (Å²) in [6.45, 7) is 4.38. The van der Waals surface area contributed by atoms with E-state index in [9.17, 15) is 0 Å². The zero-order valence-electron chi connectivity index (χ0n) is 12.2. The summed E-state index contributed by atoms with van der Waals surface area (Å²) in [7, 11) is 1.57. The maximum atomic E-state index is 6.03. The molecule has 1 fully saturated rings. The summed E-state index contributed by atoms with van der Waals surface area (Å²) in [5.41, 5.74) is 3.83. The molecular formula is C15H26O2Si. The van der Waals surface area contributed by atoms with Crippen molar-refractivity contribution in [2.24, 2.45) is 0 Å². The van der Waals surface area contributed by atoms with Crippen LogP contribution >= 0.6 is 0 Å². The van der Waals surface area contributed by atoms with Gasteiger partial charge < -0.3 is 8.85 Å². The molecule has 2 nitrogen and oxygen atoms in total. The quantitative estimate of drug-likeness (QED) is 0.705. The second-order valence-electron chi connectivity index (χ2n) is 5.69. The van der Waals surface area contributed by atoms with Crippen molar-refractivity contribution in [1.82, 2.24) is 0 Å². The van der Waals surface area contributed by atoms with Crippen LogP contribution in [-0.4, -0.2) is 22.8 Å². The van der Waals surface area contributed by atoms with Crippen LogP contribution in [0.4, 0.5) is 0 Å². The molecule has 0 spiro atoms. The summed E-state index contributed by atoms with van der Waals surface area (Å²) in [5, 5.41) is 0. The van der Waals surface area contributed by atoms with E-state index in [2.05, 4.69) is 26.0 Å². The summed E-state index contributed by atoms with van der Waals surface area (Å²) in [5.74, 6) is 0. The Balaban J connectivity index is 2.26. The summed E-state index contributed by atoms with van der Waals surface area (Å²) in [6, 6.07) is 0.